The SMILES string of the molecule is C[SiH](C)[Zr+]([C]1=CC=CC1)[C]1=CC=CC1.[H-]. The summed E-state index contributed by atoms with van der Waals surface area (Å²) in [7, 11) is 0. The number of hydrogen-bond donors (Lipinski definition) is 0. The molecule has 0 aromatic rings. The molecule has 0 unspecified atom stereocenters. The molecule has 0 aromatic heterocycles. The molecule has 0 saturated carbocycles. The molecule has 2 rings (SSSR count). The molecule has 2 aliphatic carbocycles. The summed E-state index contributed by atoms with van der Waals surface area (Å²) in [6, 6.07) is 0. The van der Waals surface area contributed by atoms with Crippen molar-refractivity contribution in [3.8, 4) is 0 Å². The van der Waals surface area contributed by atoms with E-state index in [9.17, 15) is 0 Å². The Morgan fingerprint density at radius 1 is 1.07 bits per heavy atom. The molecule has 0 aromatic carbocycles. The van der Waals surface area contributed by atoms with E-state index >= 15 is 0 Å². The maximum atomic E-state index is 2.55. The van der Waals surface area contributed by atoms with Crippen LogP contribution in [0.3, 0.4) is 0 Å². The molecule has 14 heavy (non-hydrogen) atoms. The second-order valence-electron chi connectivity index (χ2n) is 4.22. The zero-order valence-corrected chi connectivity index (χ0v) is 12.6. The molecule has 0 atom stereocenters. The van der Waals surface area contributed by atoms with Gasteiger partial charge in [-0.1, -0.05) is 0 Å². The van der Waals surface area contributed by atoms with Crippen LogP contribution in [0.1, 0.15) is 14.3 Å². The van der Waals surface area contributed by atoms with Gasteiger partial charge in [-0.3, -0.25) is 0 Å². The van der Waals surface area contributed by atoms with Crippen LogP contribution >= 0.6 is 0 Å². The average molecular weight is 282 g/mol. The molecule has 0 bridgehead atoms. The average Bonchev–Trinajstić information content (AvgIpc) is 2.75. The van der Waals surface area contributed by atoms with Crippen LogP contribution in [0.25, 0.3) is 0 Å². The van der Waals surface area contributed by atoms with E-state index in [0.29, 0.717) is 0 Å². The van der Waals surface area contributed by atoms with Crippen molar-refractivity contribution in [2.45, 2.75) is 25.9 Å². The van der Waals surface area contributed by atoms with E-state index in [-0.39, 0.29) is 1.43 Å². The van der Waals surface area contributed by atoms with Crippen molar-refractivity contribution in [2.75, 3.05) is 0 Å². The maximum Gasteiger partial charge on any atom is -1.00 e. The van der Waals surface area contributed by atoms with Gasteiger partial charge in [0.1, 0.15) is 0 Å². The number of rotatable bonds is 3. The molecular formula is C12H18SiZr. The predicted molar refractivity (Wildman–Crippen MR) is 63.7 cm³/mol. The van der Waals surface area contributed by atoms with Gasteiger partial charge in [0, 0.05) is 0 Å². The van der Waals surface area contributed by atoms with Crippen molar-refractivity contribution in [3.05, 3.63) is 43.0 Å². The van der Waals surface area contributed by atoms with Crippen LogP contribution in [0.15, 0.2) is 43.0 Å². The summed E-state index contributed by atoms with van der Waals surface area (Å²) in [6.45, 7) is 5.10. The normalized spacial score (nSPS) is 19.1. The second-order valence-corrected chi connectivity index (χ2v) is 23.6. The maximum absolute atomic E-state index is 2.55. The Balaban J connectivity index is 0.00000112. The smallest absolute Gasteiger partial charge is 1.00 e. The van der Waals surface area contributed by atoms with Crippen molar-refractivity contribution in [1.29, 1.82) is 0 Å². The van der Waals surface area contributed by atoms with E-state index in [1.807, 2.05) is 6.56 Å². The van der Waals surface area contributed by atoms with Gasteiger partial charge in [0.05, 0.1) is 0 Å². The van der Waals surface area contributed by atoms with Crippen molar-refractivity contribution >= 4 is 5.92 Å². The Morgan fingerprint density at radius 2 is 1.57 bits per heavy atom. The predicted octanol–water partition coefficient (Wildman–Crippen LogP) is 3.39. The first-order valence-electron chi connectivity index (χ1n) is 5.38. The van der Waals surface area contributed by atoms with E-state index in [0.717, 1.165) is 0 Å². The molecule has 0 amide bonds. The van der Waals surface area contributed by atoms with E-state index in [1.54, 1.807) is 0 Å². The molecule has 0 aliphatic heterocycles. The summed E-state index contributed by atoms with van der Waals surface area (Å²) in [5.74, 6) is -0.412. The van der Waals surface area contributed by atoms with Gasteiger partial charge in [0.25, 0.3) is 0 Å². The summed E-state index contributed by atoms with van der Waals surface area (Å²) in [6.07, 6.45) is 16.6. The van der Waals surface area contributed by atoms with Crippen LogP contribution in [0.4, 0.5) is 0 Å². The minimum absolute atomic E-state index is 0. The van der Waals surface area contributed by atoms with E-state index in [4.69, 9.17) is 0 Å². The van der Waals surface area contributed by atoms with Crippen molar-refractivity contribution in [3.63, 3.8) is 0 Å². The van der Waals surface area contributed by atoms with Gasteiger partial charge in [-0.15, -0.1) is 0 Å². The Bertz CT molecular complexity index is 310. The summed E-state index contributed by atoms with van der Waals surface area (Å²) < 4.78 is 3.70. The van der Waals surface area contributed by atoms with Crippen LogP contribution in [0.2, 0.25) is 13.1 Å². The second kappa shape index (κ2) is 4.72. The zero-order valence-electron chi connectivity index (χ0n) is 9.96. The Kier molecular flexibility index (Phi) is 3.57. The standard InChI is InChI=1S/2C5H5.C2H7Si.Zr.H/c2*1-2-4-5-3-1;1-3-2;;/h2*1-3H,4H2;3H,1-2H3;;/q;;;+1;-1. The quantitative estimate of drug-likeness (QED) is 0.696. The fraction of sp³-hybridized carbons (Fsp3) is 0.333. The summed E-state index contributed by atoms with van der Waals surface area (Å²) in [4.78, 5) is 0. The zero-order chi connectivity index (χ0) is 9.97. The van der Waals surface area contributed by atoms with Crippen molar-refractivity contribution < 1.29 is 22.3 Å². The van der Waals surface area contributed by atoms with Gasteiger partial charge in [0.15, 0.2) is 0 Å². The first-order valence-corrected chi connectivity index (χ1v) is 15.0. The summed E-state index contributed by atoms with van der Waals surface area (Å²) in [5, 5.41) is 0. The molecule has 0 saturated heterocycles. The largest absolute Gasteiger partial charge is 1.00 e. The van der Waals surface area contributed by atoms with Gasteiger partial charge in [-0.2, -0.15) is 0 Å². The number of allylic oxidation sites excluding steroid dienone is 8. The molecule has 74 valence electrons. The Labute approximate surface area is 96.8 Å². The van der Waals surface area contributed by atoms with Crippen molar-refractivity contribution in [2.24, 2.45) is 0 Å². The molecule has 2 heteroatoms. The van der Waals surface area contributed by atoms with Gasteiger partial charge in [-0.25, -0.2) is 0 Å². The third kappa shape index (κ3) is 2.17. The third-order valence-corrected chi connectivity index (χ3v) is 22.1. The molecule has 0 radical (unpaired) electrons. The first kappa shape index (κ1) is 10.6. The summed E-state index contributed by atoms with van der Waals surface area (Å²) in [5.41, 5.74) is 0. The summed E-state index contributed by atoms with van der Waals surface area (Å²) >= 11 is -1.29. The van der Waals surface area contributed by atoms with Gasteiger partial charge < -0.3 is 1.43 Å². The van der Waals surface area contributed by atoms with E-state index in [1.165, 1.54) is 12.8 Å². The monoisotopic (exact) mass is 280 g/mol. The minimum Gasteiger partial charge on any atom is -1.00 e. The van der Waals surface area contributed by atoms with Crippen LogP contribution in [0.5, 0.6) is 0 Å². The topological polar surface area (TPSA) is 0 Å². The molecule has 0 nitrogen and oxygen atoms in total. The first-order chi connectivity index (χ1) is 6.79. The number of hydrogen-bond acceptors (Lipinski definition) is 0. The van der Waals surface area contributed by atoms with Gasteiger partial charge in [0.2, 0.25) is 0 Å². The van der Waals surface area contributed by atoms with Crippen LogP contribution in [-0.2, 0) is 20.9 Å². The van der Waals surface area contributed by atoms with Gasteiger partial charge in [-0.05, 0) is 0 Å². The van der Waals surface area contributed by atoms with Crippen LogP contribution in [-0.4, -0.2) is 5.92 Å². The Hall–Kier alpha value is 0.0600. The molecule has 2 aliphatic rings. The van der Waals surface area contributed by atoms with Crippen molar-refractivity contribution in [1.82, 2.24) is 0 Å². The third-order valence-electron chi connectivity index (χ3n) is 2.81. The Morgan fingerprint density at radius 3 is 1.86 bits per heavy atom. The minimum atomic E-state index is -1.29. The molecule has 0 spiro atoms. The van der Waals surface area contributed by atoms with E-state index in [2.05, 4.69) is 49.6 Å². The molecule has 0 N–H and O–H groups in total. The van der Waals surface area contributed by atoms with Gasteiger partial charge >= 0.3 is 95.8 Å². The van der Waals surface area contributed by atoms with E-state index < -0.39 is 26.8 Å². The fourth-order valence-corrected chi connectivity index (χ4v) is 21.2. The van der Waals surface area contributed by atoms with Crippen LogP contribution in [0, 0.1) is 0 Å². The molecule has 0 fully saturated rings. The molecular weight excluding hydrogens is 263 g/mol. The molecule has 0 heterocycles. The fourth-order valence-electron chi connectivity index (χ4n) is 2.24. The van der Waals surface area contributed by atoms with Crippen LogP contribution < -0.4 is 0 Å².